The Morgan fingerprint density at radius 2 is 1.81 bits per heavy atom. The fourth-order valence-electron chi connectivity index (χ4n) is 1.71. The van der Waals surface area contributed by atoms with Crippen LogP contribution in [0.15, 0.2) is 48.5 Å². The molecule has 1 N–H and O–H groups in total. The average Bonchev–Trinajstić information content (AvgIpc) is 2.49. The molecule has 0 aliphatic carbocycles. The molecular weight excluding hydrogens is 275 g/mol. The normalized spacial score (nSPS) is 10.1. The summed E-state index contributed by atoms with van der Waals surface area (Å²) in [6, 6.07) is 12.5. The molecule has 0 heterocycles. The molecule has 0 saturated heterocycles. The van der Waals surface area contributed by atoms with Gasteiger partial charge in [-0.1, -0.05) is 18.2 Å². The van der Waals surface area contributed by atoms with Crippen molar-refractivity contribution >= 4 is 5.97 Å². The third kappa shape index (κ3) is 4.49. The Morgan fingerprint density at radius 3 is 2.57 bits per heavy atom. The molecule has 2 rings (SSSR count). The second kappa shape index (κ2) is 7.28. The molecule has 0 amide bonds. The van der Waals surface area contributed by atoms with Gasteiger partial charge in [0.15, 0.2) is 11.6 Å². The van der Waals surface area contributed by atoms with Gasteiger partial charge in [-0.3, -0.25) is 0 Å². The lowest BCUT2D eigenvalue weighted by Gasteiger charge is -2.09. The number of para-hydroxylation sites is 1. The van der Waals surface area contributed by atoms with E-state index in [0.29, 0.717) is 25.4 Å². The summed E-state index contributed by atoms with van der Waals surface area (Å²) in [6.07, 6.45) is 0.561. The molecule has 0 aliphatic heterocycles. The smallest absolute Gasteiger partial charge is 0.335 e. The van der Waals surface area contributed by atoms with Crippen molar-refractivity contribution in [2.45, 2.75) is 6.42 Å². The number of rotatable bonds is 7. The highest BCUT2D eigenvalue weighted by Gasteiger charge is 2.04. The van der Waals surface area contributed by atoms with Crippen molar-refractivity contribution < 1.29 is 23.8 Å². The molecule has 0 radical (unpaired) electrons. The Balaban J connectivity index is 1.74. The molecule has 2 aromatic rings. The predicted octanol–water partition coefficient (Wildman–Crippen LogP) is 3.37. The van der Waals surface area contributed by atoms with Gasteiger partial charge in [-0.05, 0) is 30.3 Å². The number of hydrogen-bond acceptors (Lipinski definition) is 3. The van der Waals surface area contributed by atoms with Gasteiger partial charge in [0.05, 0.1) is 18.8 Å². The van der Waals surface area contributed by atoms with Gasteiger partial charge in [0.25, 0.3) is 0 Å². The van der Waals surface area contributed by atoms with Crippen molar-refractivity contribution in [2.24, 2.45) is 0 Å². The maximum Gasteiger partial charge on any atom is 0.335 e. The van der Waals surface area contributed by atoms with Crippen LogP contribution in [0.5, 0.6) is 11.5 Å². The first-order valence-corrected chi connectivity index (χ1v) is 6.50. The van der Waals surface area contributed by atoms with Crippen molar-refractivity contribution in [3.8, 4) is 11.5 Å². The van der Waals surface area contributed by atoms with E-state index in [9.17, 15) is 9.18 Å². The fourth-order valence-corrected chi connectivity index (χ4v) is 1.71. The summed E-state index contributed by atoms with van der Waals surface area (Å²) in [5, 5.41) is 8.86. The molecule has 0 aromatic heterocycles. The Labute approximate surface area is 121 Å². The number of halogens is 1. The van der Waals surface area contributed by atoms with E-state index in [2.05, 4.69) is 0 Å². The first-order chi connectivity index (χ1) is 10.2. The summed E-state index contributed by atoms with van der Waals surface area (Å²) in [7, 11) is 0. The molecule has 0 spiro atoms. The van der Waals surface area contributed by atoms with Crippen LogP contribution in [-0.4, -0.2) is 24.3 Å². The Bertz CT molecular complexity index is 613. The number of ether oxygens (including phenoxy) is 2. The lowest BCUT2D eigenvalue weighted by molar-refractivity contribution is 0.0696. The van der Waals surface area contributed by atoms with Crippen molar-refractivity contribution in [3.05, 3.63) is 59.9 Å². The van der Waals surface area contributed by atoms with Gasteiger partial charge >= 0.3 is 5.97 Å². The second-order valence-electron chi connectivity index (χ2n) is 4.31. The molecule has 110 valence electrons. The maximum absolute atomic E-state index is 13.3. The van der Waals surface area contributed by atoms with Crippen LogP contribution < -0.4 is 9.47 Å². The molecule has 0 aliphatic rings. The first kappa shape index (κ1) is 14.8. The molecule has 5 heteroatoms. The minimum absolute atomic E-state index is 0.176. The zero-order valence-electron chi connectivity index (χ0n) is 11.3. The summed E-state index contributed by atoms with van der Waals surface area (Å²) in [5.41, 5.74) is 0.176. The van der Waals surface area contributed by atoms with E-state index >= 15 is 0 Å². The largest absolute Gasteiger partial charge is 0.493 e. The van der Waals surface area contributed by atoms with E-state index in [1.807, 2.05) is 0 Å². The van der Waals surface area contributed by atoms with Crippen LogP contribution in [0.4, 0.5) is 4.39 Å². The standard InChI is InChI=1S/C16H15FO4/c17-14-7-1-2-8-15(14)21-10-4-9-20-13-6-3-5-12(11-13)16(18)19/h1-3,5-8,11H,4,9-10H2,(H,18,19). The molecule has 0 saturated carbocycles. The molecular formula is C16H15FO4. The van der Waals surface area contributed by atoms with Crippen LogP contribution in [0.25, 0.3) is 0 Å². The number of hydrogen-bond donors (Lipinski definition) is 1. The van der Waals surface area contributed by atoms with E-state index in [0.717, 1.165) is 0 Å². The highest BCUT2D eigenvalue weighted by Crippen LogP contribution is 2.16. The summed E-state index contributed by atoms with van der Waals surface area (Å²) < 4.78 is 24.0. The van der Waals surface area contributed by atoms with Gasteiger partial charge < -0.3 is 14.6 Å². The lowest BCUT2D eigenvalue weighted by atomic mass is 10.2. The van der Waals surface area contributed by atoms with Crippen LogP contribution in [0.1, 0.15) is 16.8 Å². The summed E-state index contributed by atoms with van der Waals surface area (Å²) in [4.78, 5) is 10.8. The number of carboxylic acids is 1. The Kier molecular flexibility index (Phi) is 5.15. The molecule has 0 unspecified atom stereocenters. The first-order valence-electron chi connectivity index (χ1n) is 6.50. The van der Waals surface area contributed by atoms with Gasteiger partial charge in [0.1, 0.15) is 5.75 Å². The topological polar surface area (TPSA) is 55.8 Å². The van der Waals surface area contributed by atoms with Gasteiger partial charge in [-0.2, -0.15) is 0 Å². The Morgan fingerprint density at radius 1 is 1.05 bits per heavy atom. The number of carboxylic acid groups (broad SMARTS) is 1. The van der Waals surface area contributed by atoms with Crippen molar-refractivity contribution in [1.29, 1.82) is 0 Å². The molecule has 21 heavy (non-hydrogen) atoms. The van der Waals surface area contributed by atoms with E-state index in [1.165, 1.54) is 18.2 Å². The lowest BCUT2D eigenvalue weighted by Crippen LogP contribution is -2.06. The van der Waals surface area contributed by atoms with Crippen molar-refractivity contribution in [2.75, 3.05) is 13.2 Å². The van der Waals surface area contributed by atoms with Crippen molar-refractivity contribution in [3.63, 3.8) is 0 Å². The molecule has 0 fully saturated rings. The van der Waals surface area contributed by atoms with Gasteiger partial charge in [0, 0.05) is 6.42 Å². The zero-order chi connectivity index (χ0) is 15.1. The highest BCUT2D eigenvalue weighted by atomic mass is 19.1. The van der Waals surface area contributed by atoms with Crippen LogP contribution in [-0.2, 0) is 0 Å². The third-order valence-corrected chi connectivity index (χ3v) is 2.73. The van der Waals surface area contributed by atoms with E-state index in [1.54, 1.807) is 30.3 Å². The molecule has 4 nitrogen and oxygen atoms in total. The summed E-state index contributed by atoms with van der Waals surface area (Å²) >= 11 is 0. The van der Waals surface area contributed by atoms with Crippen LogP contribution in [0.2, 0.25) is 0 Å². The quantitative estimate of drug-likeness (QED) is 0.794. The van der Waals surface area contributed by atoms with Gasteiger partial charge in [0.2, 0.25) is 0 Å². The van der Waals surface area contributed by atoms with Crippen molar-refractivity contribution in [1.82, 2.24) is 0 Å². The van der Waals surface area contributed by atoms with Gasteiger partial charge in [-0.25, -0.2) is 9.18 Å². The Hall–Kier alpha value is -2.56. The SMILES string of the molecule is O=C(O)c1cccc(OCCCOc2ccccc2F)c1. The second-order valence-corrected chi connectivity index (χ2v) is 4.31. The van der Waals surface area contributed by atoms with Gasteiger partial charge in [-0.15, -0.1) is 0 Å². The van der Waals surface area contributed by atoms with E-state index in [4.69, 9.17) is 14.6 Å². The summed E-state index contributed by atoms with van der Waals surface area (Å²) in [5.74, 6) is -0.693. The summed E-state index contributed by atoms with van der Waals surface area (Å²) in [6.45, 7) is 0.678. The van der Waals surface area contributed by atoms with Crippen LogP contribution in [0, 0.1) is 5.82 Å². The monoisotopic (exact) mass is 290 g/mol. The zero-order valence-corrected chi connectivity index (χ0v) is 11.3. The fraction of sp³-hybridized carbons (Fsp3) is 0.188. The highest BCUT2D eigenvalue weighted by molar-refractivity contribution is 5.87. The molecule has 0 atom stereocenters. The van der Waals surface area contributed by atoms with Crippen LogP contribution >= 0.6 is 0 Å². The number of benzene rings is 2. The maximum atomic E-state index is 13.3. The van der Waals surface area contributed by atoms with E-state index in [-0.39, 0.29) is 11.3 Å². The minimum Gasteiger partial charge on any atom is -0.493 e. The number of carbonyl (C=O) groups is 1. The third-order valence-electron chi connectivity index (χ3n) is 2.73. The predicted molar refractivity (Wildman–Crippen MR) is 75.4 cm³/mol. The average molecular weight is 290 g/mol. The van der Waals surface area contributed by atoms with Crippen LogP contribution in [0.3, 0.4) is 0 Å². The minimum atomic E-state index is -0.997. The molecule has 0 bridgehead atoms. The van der Waals surface area contributed by atoms with E-state index < -0.39 is 11.8 Å². The number of aromatic carboxylic acids is 1. The molecule has 2 aromatic carbocycles.